The Kier molecular flexibility index (Phi) is 6.92. The minimum Gasteiger partial charge on any atom is -0.476 e. The Hall–Kier alpha value is -4.40. The minimum atomic E-state index is -1.00. The maximum absolute atomic E-state index is 11.7. The quantitative estimate of drug-likeness (QED) is 0.387. The number of fused-ring (bicyclic) bond motifs is 1. The van der Waals surface area contributed by atoms with Crippen molar-refractivity contribution >= 4 is 29.1 Å². The number of anilines is 2. The van der Waals surface area contributed by atoms with E-state index in [0.29, 0.717) is 17.0 Å². The van der Waals surface area contributed by atoms with Crippen LogP contribution in [0.5, 0.6) is 0 Å². The Morgan fingerprint density at radius 3 is 2.39 bits per heavy atom. The van der Waals surface area contributed by atoms with Gasteiger partial charge in [-0.3, -0.25) is 10.3 Å². The summed E-state index contributed by atoms with van der Waals surface area (Å²) >= 11 is 0. The van der Waals surface area contributed by atoms with Crippen molar-refractivity contribution in [3.63, 3.8) is 0 Å². The molecule has 0 aliphatic rings. The summed E-state index contributed by atoms with van der Waals surface area (Å²) in [4.78, 5) is 30.1. The zero-order valence-electron chi connectivity index (χ0n) is 18.5. The first-order valence-corrected chi connectivity index (χ1v) is 10.1. The molecule has 1 amide bonds. The standard InChI is InChI=1S/C16H19N3O2.C8H6N2O2/c1-16(2,3)21-15(20)19-14-5-4-12(10-13(14)17)11-6-8-18-9-7-11;11-8(12)6-5-10-4-2-1-3-7(10)9-6/h4-10H,17H2,1-3H3,(H,19,20);1-5H,(H,11,12). The summed E-state index contributed by atoms with van der Waals surface area (Å²) in [6.45, 7) is 5.42. The molecule has 0 aliphatic carbocycles. The van der Waals surface area contributed by atoms with E-state index >= 15 is 0 Å². The Morgan fingerprint density at radius 1 is 1.06 bits per heavy atom. The number of carbonyl (C=O) groups excluding carboxylic acids is 1. The highest BCUT2D eigenvalue weighted by Gasteiger charge is 2.17. The molecule has 0 unspecified atom stereocenters. The zero-order chi connectivity index (χ0) is 24.0. The number of hydrogen-bond donors (Lipinski definition) is 3. The average molecular weight is 447 g/mol. The summed E-state index contributed by atoms with van der Waals surface area (Å²) in [5, 5.41) is 11.3. The van der Waals surface area contributed by atoms with Crippen molar-refractivity contribution in [3.05, 3.63) is 79.0 Å². The number of nitrogen functional groups attached to an aromatic ring is 1. The largest absolute Gasteiger partial charge is 0.476 e. The lowest BCUT2D eigenvalue weighted by Crippen LogP contribution is -2.27. The number of rotatable bonds is 3. The number of hydrogen-bond acceptors (Lipinski definition) is 6. The third kappa shape index (κ3) is 6.54. The summed E-state index contributed by atoms with van der Waals surface area (Å²) in [5.41, 5.74) is 9.15. The normalized spacial score (nSPS) is 10.8. The van der Waals surface area contributed by atoms with Gasteiger partial charge in [-0.25, -0.2) is 14.6 Å². The second kappa shape index (κ2) is 9.82. The molecule has 170 valence electrons. The van der Waals surface area contributed by atoms with E-state index in [9.17, 15) is 9.59 Å². The van der Waals surface area contributed by atoms with Gasteiger partial charge in [0.1, 0.15) is 11.2 Å². The number of nitrogens with one attached hydrogen (secondary N) is 1. The summed E-state index contributed by atoms with van der Waals surface area (Å²) < 4.78 is 6.87. The number of ether oxygens (including phenoxy) is 1. The number of benzene rings is 1. The van der Waals surface area contributed by atoms with Crippen LogP contribution < -0.4 is 11.1 Å². The Labute approximate surface area is 190 Å². The first-order valence-electron chi connectivity index (χ1n) is 10.1. The van der Waals surface area contributed by atoms with Crippen molar-refractivity contribution in [1.29, 1.82) is 0 Å². The molecule has 9 nitrogen and oxygen atoms in total. The van der Waals surface area contributed by atoms with Gasteiger partial charge in [-0.05, 0) is 68.3 Å². The molecule has 0 aliphatic heterocycles. The number of amides is 1. The molecule has 33 heavy (non-hydrogen) atoms. The second-order valence-electron chi connectivity index (χ2n) is 8.06. The van der Waals surface area contributed by atoms with Gasteiger partial charge in [0.2, 0.25) is 0 Å². The molecular formula is C24H25N5O4. The fourth-order valence-corrected chi connectivity index (χ4v) is 2.85. The highest BCUT2D eigenvalue weighted by atomic mass is 16.6. The number of pyridine rings is 2. The molecule has 4 aromatic rings. The Balaban J connectivity index is 0.000000215. The van der Waals surface area contributed by atoms with Crippen LogP contribution in [0.2, 0.25) is 0 Å². The molecule has 0 fully saturated rings. The van der Waals surface area contributed by atoms with Gasteiger partial charge in [0.15, 0.2) is 5.69 Å². The lowest BCUT2D eigenvalue weighted by Gasteiger charge is -2.20. The lowest BCUT2D eigenvalue weighted by atomic mass is 10.1. The van der Waals surface area contributed by atoms with Crippen molar-refractivity contribution in [2.75, 3.05) is 11.1 Å². The minimum absolute atomic E-state index is 0.0706. The molecule has 4 rings (SSSR count). The number of carboxylic acids is 1. The van der Waals surface area contributed by atoms with E-state index in [2.05, 4.69) is 15.3 Å². The number of aromatic carboxylic acids is 1. The average Bonchev–Trinajstić information content (AvgIpc) is 3.20. The molecular weight excluding hydrogens is 422 g/mol. The Morgan fingerprint density at radius 2 is 1.79 bits per heavy atom. The summed E-state index contributed by atoms with van der Waals surface area (Å²) in [7, 11) is 0. The van der Waals surface area contributed by atoms with E-state index in [0.717, 1.165) is 11.1 Å². The SMILES string of the molecule is CC(C)(C)OC(=O)Nc1ccc(-c2ccncc2)cc1N.O=C(O)c1cn2ccccc2n1. The molecule has 4 N–H and O–H groups in total. The van der Waals surface area contributed by atoms with Crippen LogP contribution in [0.1, 0.15) is 31.3 Å². The third-order valence-electron chi connectivity index (χ3n) is 4.28. The van der Waals surface area contributed by atoms with Crippen LogP contribution in [0.4, 0.5) is 16.2 Å². The van der Waals surface area contributed by atoms with Crippen molar-refractivity contribution in [1.82, 2.24) is 14.4 Å². The van der Waals surface area contributed by atoms with E-state index in [-0.39, 0.29) is 5.69 Å². The maximum Gasteiger partial charge on any atom is 0.412 e. The summed E-state index contributed by atoms with van der Waals surface area (Å²) in [6.07, 6.45) is 6.16. The van der Waals surface area contributed by atoms with E-state index < -0.39 is 17.7 Å². The molecule has 9 heteroatoms. The highest BCUT2D eigenvalue weighted by Crippen LogP contribution is 2.27. The van der Waals surface area contributed by atoms with E-state index in [1.165, 1.54) is 6.20 Å². The molecule has 1 aromatic carbocycles. The number of carbonyl (C=O) groups is 2. The van der Waals surface area contributed by atoms with Crippen LogP contribution >= 0.6 is 0 Å². The summed E-state index contributed by atoms with van der Waals surface area (Å²) in [5.74, 6) is -1.00. The van der Waals surface area contributed by atoms with Crippen LogP contribution in [0.3, 0.4) is 0 Å². The maximum atomic E-state index is 11.7. The third-order valence-corrected chi connectivity index (χ3v) is 4.28. The number of nitrogens with two attached hydrogens (primary N) is 1. The predicted octanol–water partition coefficient (Wildman–Crippen LogP) is 4.71. The van der Waals surface area contributed by atoms with Gasteiger partial charge in [-0.1, -0.05) is 12.1 Å². The first kappa shape index (κ1) is 23.3. The smallest absolute Gasteiger partial charge is 0.412 e. The Bertz CT molecular complexity index is 1230. The van der Waals surface area contributed by atoms with Crippen LogP contribution in [0.15, 0.2) is 73.3 Å². The highest BCUT2D eigenvalue weighted by molar-refractivity contribution is 5.90. The van der Waals surface area contributed by atoms with Crippen LogP contribution in [-0.2, 0) is 4.74 Å². The van der Waals surface area contributed by atoms with Gasteiger partial charge >= 0.3 is 12.1 Å². The fourth-order valence-electron chi connectivity index (χ4n) is 2.85. The number of nitrogens with zero attached hydrogens (tertiary/aromatic N) is 3. The van der Waals surface area contributed by atoms with E-state index in [4.69, 9.17) is 15.6 Å². The molecule has 0 saturated carbocycles. The number of aromatic nitrogens is 3. The number of imidazole rings is 1. The van der Waals surface area contributed by atoms with Gasteiger partial charge < -0.3 is 20.0 Å². The zero-order valence-corrected chi connectivity index (χ0v) is 18.5. The summed E-state index contributed by atoms with van der Waals surface area (Å²) in [6, 6.07) is 14.6. The molecule has 0 atom stereocenters. The molecule has 0 bridgehead atoms. The van der Waals surface area contributed by atoms with Gasteiger partial charge in [0, 0.05) is 24.8 Å². The molecule has 3 aromatic heterocycles. The monoisotopic (exact) mass is 447 g/mol. The topological polar surface area (TPSA) is 132 Å². The molecule has 0 spiro atoms. The van der Waals surface area contributed by atoms with Crippen molar-refractivity contribution in [2.45, 2.75) is 26.4 Å². The second-order valence-corrected chi connectivity index (χ2v) is 8.06. The molecule has 0 saturated heterocycles. The van der Waals surface area contributed by atoms with E-state index in [1.807, 2.05) is 57.2 Å². The predicted molar refractivity (Wildman–Crippen MR) is 126 cm³/mol. The number of carboxylic acid groups (broad SMARTS) is 1. The van der Waals surface area contributed by atoms with Crippen LogP contribution in [-0.4, -0.2) is 37.1 Å². The lowest BCUT2D eigenvalue weighted by molar-refractivity contribution is 0.0634. The molecule has 0 radical (unpaired) electrons. The van der Waals surface area contributed by atoms with Gasteiger partial charge in [-0.2, -0.15) is 0 Å². The van der Waals surface area contributed by atoms with Gasteiger partial charge in [0.05, 0.1) is 11.4 Å². The first-order chi connectivity index (χ1) is 15.6. The van der Waals surface area contributed by atoms with Gasteiger partial charge in [-0.15, -0.1) is 0 Å². The van der Waals surface area contributed by atoms with Crippen LogP contribution in [0, 0.1) is 0 Å². The van der Waals surface area contributed by atoms with E-state index in [1.54, 1.807) is 35.1 Å². The van der Waals surface area contributed by atoms with Crippen molar-refractivity contribution in [2.24, 2.45) is 0 Å². The van der Waals surface area contributed by atoms with Gasteiger partial charge in [0.25, 0.3) is 0 Å². The molecule has 3 heterocycles. The van der Waals surface area contributed by atoms with Crippen molar-refractivity contribution < 1.29 is 19.4 Å². The fraction of sp³-hybridized carbons (Fsp3) is 0.167. The van der Waals surface area contributed by atoms with Crippen molar-refractivity contribution in [3.8, 4) is 11.1 Å². The van der Waals surface area contributed by atoms with Crippen LogP contribution in [0.25, 0.3) is 16.8 Å².